The van der Waals surface area contributed by atoms with E-state index in [0.29, 0.717) is 19.2 Å². The molecule has 2 heterocycles. The molecule has 104 valence electrons. The van der Waals surface area contributed by atoms with Crippen LogP contribution in [0.15, 0.2) is 12.3 Å². The van der Waals surface area contributed by atoms with E-state index in [9.17, 15) is 18.0 Å². The van der Waals surface area contributed by atoms with E-state index in [1.165, 1.54) is 4.90 Å². The van der Waals surface area contributed by atoms with E-state index in [1.807, 2.05) is 0 Å². The SMILES string of the molecule is CN1CCC(Nc2ncc(C(F)(F)F)cc2Cl)C1=O. The van der Waals surface area contributed by atoms with Gasteiger partial charge in [0.05, 0.1) is 10.6 Å². The van der Waals surface area contributed by atoms with Crippen LogP contribution in [0.25, 0.3) is 0 Å². The lowest BCUT2D eigenvalue weighted by molar-refractivity contribution is -0.137. The van der Waals surface area contributed by atoms with Crippen LogP contribution in [-0.2, 0) is 11.0 Å². The molecule has 0 aliphatic carbocycles. The predicted molar refractivity (Wildman–Crippen MR) is 63.9 cm³/mol. The number of nitrogens with one attached hydrogen (secondary N) is 1. The van der Waals surface area contributed by atoms with Crippen molar-refractivity contribution in [2.45, 2.75) is 18.6 Å². The second-order valence-corrected chi connectivity index (χ2v) is 4.70. The Labute approximate surface area is 112 Å². The van der Waals surface area contributed by atoms with Crippen LogP contribution in [0.4, 0.5) is 19.0 Å². The number of nitrogens with zero attached hydrogens (tertiary/aromatic N) is 2. The van der Waals surface area contributed by atoms with Crippen LogP contribution < -0.4 is 5.32 Å². The summed E-state index contributed by atoms with van der Waals surface area (Å²) in [4.78, 5) is 16.8. The Kier molecular flexibility index (Phi) is 3.58. The first-order chi connectivity index (χ1) is 8.79. The summed E-state index contributed by atoms with van der Waals surface area (Å²) in [5.41, 5.74) is -0.919. The minimum atomic E-state index is -4.49. The van der Waals surface area contributed by atoms with Gasteiger partial charge in [-0.05, 0) is 12.5 Å². The fourth-order valence-electron chi connectivity index (χ4n) is 1.82. The minimum absolute atomic E-state index is 0.0864. The van der Waals surface area contributed by atoms with Crippen LogP contribution in [-0.4, -0.2) is 35.4 Å². The molecule has 0 bridgehead atoms. The summed E-state index contributed by atoms with van der Waals surface area (Å²) in [5.74, 6) is -0.0407. The highest BCUT2D eigenvalue weighted by atomic mass is 35.5. The van der Waals surface area contributed by atoms with Gasteiger partial charge in [-0.1, -0.05) is 11.6 Å². The summed E-state index contributed by atoms with van der Waals surface area (Å²) < 4.78 is 37.3. The van der Waals surface area contributed by atoms with Crippen LogP contribution in [0.2, 0.25) is 5.02 Å². The maximum Gasteiger partial charge on any atom is 0.417 e. The molecule has 2 rings (SSSR count). The number of pyridine rings is 1. The Bertz CT molecular complexity index is 506. The van der Waals surface area contributed by atoms with Crippen molar-refractivity contribution in [3.05, 3.63) is 22.8 Å². The molecule has 1 saturated heterocycles. The smallest absolute Gasteiger partial charge is 0.357 e. The highest BCUT2D eigenvalue weighted by Gasteiger charge is 2.33. The number of alkyl halides is 3. The molecule has 0 spiro atoms. The van der Waals surface area contributed by atoms with Crippen molar-refractivity contribution >= 4 is 23.3 Å². The van der Waals surface area contributed by atoms with E-state index in [2.05, 4.69) is 10.3 Å². The molecule has 1 aromatic rings. The number of likely N-dealkylation sites (tertiary alicyclic amines) is 1. The van der Waals surface area contributed by atoms with Crippen LogP contribution >= 0.6 is 11.6 Å². The van der Waals surface area contributed by atoms with Crippen molar-refractivity contribution in [1.29, 1.82) is 0 Å². The standard InChI is InChI=1S/C11H11ClF3N3O/c1-18-3-2-8(10(18)19)17-9-7(12)4-6(5-16-9)11(13,14)15/h4-5,8H,2-3H2,1H3,(H,16,17). The number of carbonyl (C=O) groups is 1. The lowest BCUT2D eigenvalue weighted by Crippen LogP contribution is -2.31. The molecule has 0 saturated carbocycles. The first-order valence-corrected chi connectivity index (χ1v) is 5.91. The summed E-state index contributed by atoms with van der Waals surface area (Å²) in [5, 5.41) is 2.61. The molecule has 1 unspecified atom stereocenters. The predicted octanol–water partition coefficient (Wildman–Crippen LogP) is 2.40. The van der Waals surface area contributed by atoms with Crippen molar-refractivity contribution < 1.29 is 18.0 Å². The number of hydrogen-bond donors (Lipinski definition) is 1. The molecular formula is C11H11ClF3N3O. The van der Waals surface area contributed by atoms with Gasteiger partial charge in [0.25, 0.3) is 0 Å². The lowest BCUT2D eigenvalue weighted by atomic mass is 10.2. The Hall–Kier alpha value is -1.50. The molecule has 1 aromatic heterocycles. The van der Waals surface area contributed by atoms with Crippen LogP contribution in [0, 0.1) is 0 Å². The van der Waals surface area contributed by atoms with E-state index in [0.717, 1.165) is 6.07 Å². The quantitative estimate of drug-likeness (QED) is 0.911. The van der Waals surface area contributed by atoms with Crippen LogP contribution in [0.3, 0.4) is 0 Å². The Balaban J connectivity index is 2.16. The van der Waals surface area contributed by atoms with Crippen LogP contribution in [0.5, 0.6) is 0 Å². The Morgan fingerprint density at radius 2 is 2.21 bits per heavy atom. The second-order valence-electron chi connectivity index (χ2n) is 4.30. The van der Waals surface area contributed by atoms with Gasteiger partial charge < -0.3 is 10.2 Å². The molecule has 1 N–H and O–H groups in total. The molecule has 0 radical (unpaired) electrons. The van der Waals surface area contributed by atoms with Gasteiger partial charge in [-0.25, -0.2) is 4.98 Å². The van der Waals surface area contributed by atoms with Gasteiger partial charge in [-0.2, -0.15) is 13.2 Å². The van der Waals surface area contributed by atoms with E-state index < -0.39 is 17.8 Å². The number of anilines is 1. The molecule has 1 fully saturated rings. The number of amides is 1. The van der Waals surface area contributed by atoms with E-state index in [4.69, 9.17) is 11.6 Å². The molecule has 1 atom stereocenters. The minimum Gasteiger partial charge on any atom is -0.357 e. The van der Waals surface area contributed by atoms with Gasteiger partial charge in [-0.3, -0.25) is 4.79 Å². The number of hydrogen-bond acceptors (Lipinski definition) is 3. The summed E-state index contributed by atoms with van der Waals surface area (Å²) in [6, 6.07) is 0.298. The first-order valence-electron chi connectivity index (χ1n) is 5.53. The van der Waals surface area contributed by atoms with Gasteiger partial charge in [0.2, 0.25) is 5.91 Å². The fraction of sp³-hybridized carbons (Fsp3) is 0.455. The molecule has 1 aliphatic heterocycles. The van der Waals surface area contributed by atoms with Crippen molar-refractivity contribution in [1.82, 2.24) is 9.88 Å². The Morgan fingerprint density at radius 3 is 2.68 bits per heavy atom. The zero-order valence-electron chi connectivity index (χ0n) is 9.96. The molecule has 1 aliphatic rings. The second kappa shape index (κ2) is 4.88. The monoisotopic (exact) mass is 293 g/mol. The zero-order chi connectivity index (χ0) is 14.2. The largest absolute Gasteiger partial charge is 0.417 e. The number of halogens is 4. The van der Waals surface area contributed by atoms with Crippen molar-refractivity contribution in [3.63, 3.8) is 0 Å². The van der Waals surface area contributed by atoms with Gasteiger partial charge >= 0.3 is 6.18 Å². The average Bonchev–Trinajstić information content (AvgIpc) is 2.62. The van der Waals surface area contributed by atoms with Gasteiger partial charge in [-0.15, -0.1) is 0 Å². The summed E-state index contributed by atoms with van der Waals surface area (Å²) in [7, 11) is 1.66. The first kappa shape index (κ1) is 13.9. The number of aromatic nitrogens is 1. The fourth-order valence-corrected chi connectivity index (χ4v) is 2.04. The van der Waals surface area contributed by atoms with E-state index in [-0.39, 0.29) is 16.7 Å². The molecule has 19 heavy (non-hydrogen) atoms. The van der Waals surface area contributed by atoms with E-state index in [1.54, 1.807) is 7.05 Å². The molecular weight excluding hydrogens is 283 g/mol. The maximum absolute atomic E-state index is 12.4. The maximum atomic E-state index is 12.4. The summed E-state index contributed by atoms with van der Waals surface area (Å²) >= 11 is 5.75. The molecule has 0 aromatic carbocycles. The number of likely N-dealkylation sites (N-methyl/N-ethyl adjacent to an activating group) is 1. The third-order valence-electron chi connectivity index (χ3n) is 2.91. The zero-order valence-corrected chi connectivity index (χ0v) is 10.7. The molecule has 8 heteroatoms. The number of carbonyl (C=O) groups excluding carboxylic acids is 1. The van der Waals surface area contributed by atoms with Crippen LogP contribution in [0.1, 0.15) is 12.0 Å². The van der Waals surface area contributed by atoms with Crippen molar-refractivity contribution in [3.8, 4) is 0 Å². The summed E-state index contributed by atoms with van der Waals surface area (Å²) in [6.07, 6.45) is -3.23. The summed E-state index contributed by atoms with van der Waals surface area (Å²) in [6.45, 7) is 0.592. The van der Waals surface area contributed by atoms with Crippen molar-refractivity contribution in [2.24, 2.45) is 0 Å². The average molecular weight is 294 g/mol. The highest BCUT2D eigenvalue weighted by Crippen LogP contribution is 2.32. The normalized spacial score (nSPS) is 19.9. The Morgan fingerprint density at radius 1 is 1.53 bits per heavy atom. The third kappa shape index (κ3) is 2.91. The molecule has 1 amide bonds. The topological polar surface area (TPSA) is 45.2 Å². The van der Waals surface area contributed by atoms with Crippen molar-refractivity contribution in [2.75, 3.05) is 18.9 Å². The van der Waals surface area contributed by atoms with Gasteiger partial charge in [0.15, 0.2) is 0 Å². The number of rotatable bonds is 2. The van der Waals surface area contributed by atoms with Gasteiger partial charge in [0, 0.05) is 19.8 Å². The van der Waals surface area contributed by atoms with E-state index >= 15 is 0 Å². The highest BCUT2D eigenvalue weighted by molar-refractivity contribution is 6.33. The third-order valence-corrected chi connectivity index (χ3v) is 3.20. The molecule has 4 nitrogen and oxygen atoms in total. The lowest BCUT2D eigenvalue weighted by Gasteiger charge is -2.14. The van der Waals surface area contributed by atoms with Gasteiger partial charge in [0.1, 0.15) is 11.9 Å².